The van der Waals surface area contributed by atoms with Crippen LogP contribution in [0.3, 0.4) is 0 Å². The van der Waals surface area contributed by atoms with Gasteiger partial charge >= 0.3 is 0 Å². The third-order valence-electron chi connectivity index (χ3n) is 3.08. The van der Waals surface area contributed by atoms with Gasteiger partial charge in [-0.25, -0.2) is 8.78 Å². The smallest absolute Gasteiger partial charge is 0.240 e. The normalized spacial score (nSPS) is 12.4. The van der Waals surface area contributed by atoms with Crippen LogP contribution in [0.25, 0.3) is 0 Å². The van der Waals surface area contributed by atoms with E-state index in [2.05, 4.69) is 0 Å². The first-order valence-corrected chi connectivity index (χ1v) is 6.59. The van der Waals surface area contributed by atoms with Crippen LogP contribution in [0.2, 0.25) is 0 Å². The van der Waals surface area contributed by atoms with Crippen LogP contribution in [-0.2, 0) is 6.61 Å². The van der Waals surface area contributed by atoms with Gasteiger partial charge in [-0.3, -0.25) is 0 Å². The zero-order valence-corrected chi connectivity index (χ0v) is 11.4. The Morgan fingerprint density at radius 3 is 2.43 bits per heavy atom. The zero-order chi connectivity index (χ0) is 15.2. The molecule has 0 aliphatic heterocycles. The summed E-state index contributed by atoms with van der Waals surface area (Å²) in [5.41, 5.74) is 6.92. The van der Waals surface area contributed by atoms with Crippen LogP contribution < -0.4 is 10.5 Å². The number of halogens is 2. The van der Waals surface area contributed by atoms with E-state index in [-0.39, 0.29) is 5.75 Å². The first-order valence-electron chi connectivity index (χ1n) is 6.59. The molecule has 0 saturated heterocycles. The van der Waals surface area contributed by atoms with Crippen LogP contribution in [-0.4, -0.2) is 11.5 Å². The molecule has 3 nitrogen and oxygen atoms in total. The van der Waals surface area contributed by atoms with E-state index in [0.29, 0.717) is 17.9 Å². The van der Waals surface area contributed by atoms with Crippen LogP contribution in [0.5, 0.6) is 11.5 Å². The number of phenols is 1. The molecule has 0 spiro atoms. The van der Waals surface area contributed by atoms with Crippen molar-refractivity contribution in [3.05, 3.63) is 59.7 Å². The second kappa shape index (κ2) is 7.04. The summed E-state index contributed by atoms with van der Waals surface area (Å²) < 4.78 is 30.1. The van der Waals surface area contributed by atoms with Gasteiger partial charge in [0.15, 0.2) is 0 Å². The SMILES string of the molecule is N[C@@H](CC(F)F)c1ccc(OCc2ccccc2)cc1O. The minimum absolute atomic E-state index is 0.131. The van der Waals surface area contributed by atoms with Crippen molar-refractivity contribution in [2.45, 2.75) is 25.5 Å². The largest absolute Gasteiger partial charge is 0.507 e. The van der Waals surface area contributed by atoms with E-state index in [1.807, 2.05) is 30.3 Å². The third kappa shape index (κ3) is 4.43. The number of ether oxygens (including phenoxy) is 1. The van der Waals surface area contributed by atoms with E-state index in [0.717, 1.165) is 5.56 Å². The first-order chi connectivity index (χ1) is 10.1. The molecule has 0 unspecified atom stereocenters. The Labute approximate surface area is 122 Å². The molecule has 0 aliphatic carbocycles. The summed E-state index contributed by atoms with van der Waals surface area (Å²) in [6.07, 6.45) is -2.99. The van der Waals surface area contributed by atoms with Crippen molar-refractivity contribution in [2.75, 3.05) is 0 Å². The lowest BCUT2D eigenvalue weighted by atomic mass is 10.0. The highest BCUT2D eigenvalue weighted by Gasteiger charge is 2.16. The van der Waals surface area contributed by atoms with Gasteiger partial charge in [0, 0.05) is 24.1 Å². The van der Waals surface area contributed by atoms with E-state index >= 15 is 0 Å². The zero-order valence-electron chi connectivity index (χ0n) is 11.4. The average Bonchev–Trinajstić information content (AvgIpc) is 2.45. The molecule has 112 valence electrons. The van der Waals surface area contributed by atoms with Crippen molar-refractivity contribution >= 4 is 0 Å². The second-order valence-corrected chi connectivity index (χ2v) is 4.73. The van der Waals surface area contributed by atoms with Gasteiger partial charge < -0.3 is 15.6 Å². The Hall–Kier alpha value is -2.14. The molecule has 2 aromatic rings. The van der Waals surface area contributed by atoms with E-state index < -0.39 is 18.9 Å². The number of hydrogen-bond acceptors (Lipinski definition) is 3. The summed E-state index contributed by atoms with van der Waals surface area (Å²) in [7, 11) is 0. The fraction of sp³-hybridized carbons (Fsp3) is 0.250. The summed E-state index contributed by atoms with van der Waals surface area (Å²) in [5, 5.41) is 9.87. The van der Waals surface area contributed by atoms with Crippen molar-refractivity contribution in [3.63, 3.8) is 0 Å². The summed E-state index contributed by atoms with van der Waals surface area (Å²) in [6.45, 7) is 0.364. The number of benzene rings is 2. The predicted octanol–water partition coefficient (Wildman–Crippen LogP) is 3.63. The standard InChI is InChI=1S/C16H17F2NO2/c17-16(18)9-14(19)13-7-6-12(8-15(13)20)21-10-11-4-2-1-3-5-11/h1-8,14,16,20H,9-10,19H2/t14-/m0/s1. The molecule has 5 heteroatoms. The van der Waals surface area contributed by atoms with Gasteiger partial charge in [0.1, 0.15) is 18.1 Å². The van der Waals surface area contributed by atoms with Crippen LogP contribution in [0.4, 0.5) is 8.78 Å². The number of alkyl halides is 2. The molecule has 21 heavy (non-hydrogen) atoms. The second-order valence-electron chi connectivity index (χ2n) is 4.73. The lowest BCUT2D eigenvalue weighted by molar-refractivity contribution is 0.128. The number of hydrogen-bond donors (Lipinski definition) is 2. The third-order valence-corrected chi connectivity index (χ3v) is 3.08. The molecule has 2 aromatic carbocycles. The molecular formula is C16H17F2NO2. The molecular weight excluding hydrogens is 276 g/mol. The van der Waals surface area contributed by atoms with Gasteiger partial charge in [-0.15, -0.1) is 0 Å². The maximum atomic E-state index is 12.3. The lowest BCUT2D eigenvalue weighted by Crippen LogP contribution is -2.14. The summed E-state index contributed by atoms with van der Waals surface area (Å²) >= 11 is 0. The van der Waals surface area contributed by atoms with Gasteiger partial charge in [-0.05, 0) is 11.6 Å². The van der Waals surface area contributed by atoms with Crippen molar-refractivity contribution in [3.8, 4) is 11.5 Å². The fourth-order valence-corrected chi connectivity index (χ4v) is 1.99. The summed E-state index contributed by atoms with van der Waals surface area (Å²) in [6, 6.07) is 13.2. The van der Waals surface area contributed by atoms with Crippen molar-refractivity contribution in [1.29, 1.82) is 0 Å². The van der Waals surface area contributed by atoms with Crippen molar-refractivity contribution < 1.29 is 18.6 Å². The molecule has 3 N–H and O–H groups in total. The fourth-order valence-electron chi connectivity index (χ4n) is 1.99. The highest BCUT2D eigenvalue weighted by Crippen LogP contribution is 2.30. The molecule has 2 rings (SSSR count). The van der Waals surface area contributed by atoms with E-state index in [9.17, 15) is 13.9 Å². The number of aromatic hydroxyl groups is 1. The maximum Gasteiger partial charge on any atom is 0.240 e. The minimum Gasteiger partial charge on any atom is -0.507 e. The Bertz CT molecular complexity index is 576. The lowest BCUT2D eigenvalue weighted by Gasteiger charge is -2.14. The van der Waals surface area contributed by atoms with Gasteiger partial charge in [-0.1, -0.05) is 36.4 Å². The molecule has 0 fully saturated rings. The molecule has 0 aliphatic rings. The maximum absolute atomic E-state index is 12.3. The topological polar surface area (TPSA) is 55.5 Å². The Morgan fingerprint density at radius 1 is 1.10 bits per heavy atom. The number of rotatable bonds is 6. The molecule has 0 radical (unpaired) electrons. The van der Waals surface area contributed by atoms with Crippen molar-refractivity contribution in [2.24, 2.45) is 5.73 Å². The highest BCUT2D eigenvalue weighted by atomic mass is 19.3. The number of nitrogens with two attached hydrogens (primary N) is 1. The summed E-state index contributed by atoms with van der Waals surface area (Å²) in [5.74, 6) is 0.332. The van der Waals surface area contributed by atoms with Crippen LogP contribution >= 0.6 is 0 Å². The van der Waals surface area contributed by atoms with E-state index in [4.69, 9.17) is 10.5 Å². The molecule has 0 amide bonds. The van der Waals surface area contributed by atoms with E-state index in [1.165, 1.54) is 12.1 Å². The molecule has 0 bridgehead atoms. The minimum atomic E-state index is -2.51. The first kappa shape index (κ1) is 15.3. The Balaban J connectivity index is 2.02. The van der Waals surface area contributed by atoms with Gasteiger partial charge in [0.2, 0.25) is 6.43 Å². The Kier molecular flexibility index (Phi) is 5.11. The summed E-state index contributed by atoms with van der Waals surface area (Å²) in [4.78, 5) is 0. The van der Waals surface area contributed by atoms with Gasteiger partial charge in [0.05, 0.1) is 0 Å². The molecule has 0 heterocycles. The monoisotopic (exact) mass is 293 g/mol. The van der Waals surface area contributed by atoms with E-state index in [1.54, 1.807) is 6.07 Å². The Morgan fingerprint density at radius 2 is 1.81 bits per heavy atom. The molecule has 1 atom stereocenters. The van der Waals surface area contributed by atoms with Gasteiger partial charge in [-0.2, -0.15) is 0 Å². The molecule has 0 aromatic heterocycles. The van der Waals surface area contributed by atoms with Gasteiger partial charge in [0.25, 0.3) is 0 Å². The quantitative estimate of drug-likeness (QED) is 0.855. The van der Waals surface area contributed by atoms with Crippen molar-refractivity contribution in [1.82, 2.24) is 0 Å². The average molecular weight is 293 g/mol. The predicted molar refractivity (Wildman–Crippen MR) is 76.4 cm³/mol. The van der Waals surface area contributed by atoms with Crippen LogP contribution in [0.15, 0.2) is 48.5 Å². The molecule has 0 saturated carbocycles. The number of phenolic OH excluding ortho intramolecular Hbond substituents is 1. The van der Waals surface area contributed by atoms with Crippen LogP contribution in [0.1, 0.15) is 23.6 Å². The highest BCUT2D eigenvalue weighted by molar-refractivity contribution is 5.41. The van der Waals surface area contributed by atoms with Crippen LogP contribution in [0, 0.1) is 0 Å².